The van der Waals surface area contributed by atoms with Crippen LogP contribution in [0.25, 0.3) is 10.8 Å². The highest BCUT2D eigenvalue weighted by Gasteiger charge is 2.35. The van der Waals surface area contributed by atoms with Gasteiger partial charge in [0, 0.05) is 41.4 Å². The number of aryl methyl sites for hydroxylation is 2. The van der Waals surface area contributed by atoms with Crippen molar-refractivity contribution in [3.8, 4) is 5.75 Å². The molecular weight excluding hydrogens is 776 g/mol. The second kappa shape index (κ2) is 19.0. The van der Waals surface area contributed by atoms with Crippen molar-refractivity contribution in [1.82, 2.24) is 4.98 Å². The fourth-order valence-corrected chi connectivity index (χ4v) is 6.70. The molecule has 1 aromatic heterocycles. The zero-order valence-corrected chi connectivity index (χ0v) is 35.6. The Labute approximate surface area is 349 Å². The molecule has 3 aromatic carbocycles. The summed E-state index contributed by atoms with van der Waals surface area (Å²) in [5.74, 6) is -1.80. The Balaban J connectivity index is 1.28. The fourth-order valence-electron chi connectivity index (χ4n) is 6.70. The second-order valence-corrected chi connectivity index (χ2v) is 16.8. The molecule has 3 atom stereocenters. The molecule has 0 spiro atoms. The van der Waals surface area contributed by atoms with E-state index in [2.05, 4.69) is 15.6 Å². The van der Waals surface area contributed by atoms with E-state index in [-0.39, 0.29) is 35.9 Å². The first-order chi connectivity index (χ1) is 28.2. The summed E-state index contributed by atoms with van der Waals surface area (Å²) in [4.78, 5) is 57.2. The number of pyridine rings is 1. The lowest BCUT2D eigenvalue weighted by molar-refractivity contribution is -0.138. The van der Waals surface area contributed by atoms with Gasteiger partial charge in [0.2, 0.25) is 0 Å². The Morgan fingerprint density at radius 3 is 2.27 bits per heavy atom. The van der Waals surface area contributed by atoms with Crippen LogP contribution in [0, 0.1) is 12.7 Å². The van der Waals surface area contributed by atoms with Crippen LogP contribution in [-0.4, -0.2) is 71.5 Å². The minimum Gasteiger partial charge on any atom is -0.485 e. The number of rotatable bonds is 13. The second-order valence-electron chi connectivity index (χ2n) is 16.8. The highest BCUT2D eigenvalue weighted by Crippen LogP contribution is 2.33. The van der Waals surface area contributed by atoms with E-state index in [1.165, 1.54) is 12.3 Å². The van der Waals surface area contributed by atoms with Crippen molar-refractivity contribution in [2.24, 2.45) is 0 Å². The molecule has 0 aliphatic carbocycles. The molecule has 4 aromatic rings. The minimum absolute atomic E-state index is 0.00697. The summed E-state index contributed by atoms with van der Waals surface area (Å²) in [6, 6.07) is 13.6. The number of hydrogen-bond donors (Lipinski definition) is 3. The molecule has 2 heterocycles. The van der Waals surface area contributed by atoms with Crippen molar-refractivity contribution < 1.29 is 52.4 Å². The third-order valence-electron chi connectivity index (χ3n) is 9.35. The van der Waals surface area contributed by atoms with Crippen LogP contribution in [0.4, 0.5) is 36.0 Å². The quantitative estimate of drug-likeness (QED) is 0.109. The van der Waals surface area contributed by atoms with Crippen molar-refractivity contribution >= 4 is 52.2 Å². The third-order valence-corrected chi connectivity index (χ3v) is 9.35. The maximum Gasteiger partial charge on any atom is 0.425 e. The highest BCUT2D eigenvalue weighted by molar-refractivity contribution is 6.14. The SMILES string of the molecule is CCCc1cc(NC(=O)OC[C@H](C)c2ccc(C(Nc3ccc4c(N(C(=O)OC(C)(C)C)C(=O)OC(C)(C)C)nccc4c3)C(=O)O)cc2C)cc(F)c1O[C@H]1CCOC1. The number of anilines is 3. The Kier molecular flexibility index (Phi) is 14.3. The summed E-state index contributed by atoms with van der Waals surface area (Å²) in [6.07, 6.45) is 0.527. The normalized spacial score (nSPS) is 15.1. The number of carboxylic acids is 1. The number of nitrogens with one attached hydrogen (secondary N) is 2. The van der Waals surface area contributed by atoms with E-state index in [0.29, 0.717) is 53.6 Å². The van der Waals surface area contributed by atoms with Crippen LogP contribution < -0.4 is 20.3 Å². The first kappa shape index (κ1) is 45.1. The number of fused-ring (bicyclic) bond motifs is 1. The average molecular weight is 831 g/mol. The Hall–Kier alpha value is -5.96. The molecule has 5 rings (SSSR count). The van der Waals surface area contributed by atoms with Crippen LogP contribution in [0.15, 0.2) is 60.8 Å². The van der Waals surface area contributed by atoms with Crippen molar-refractivity contribution in [2.45, 2.75) is 111 Å². The number of hydrogen-bond acceptors (Lipinski definition) is 11. The smallest absolute Gasteiger partial charge is 0.425 e. The van der Waals surface area contributed by atoms with E-state index < -0.39 is 47.3 Å². The molecule has 1 aliphatic rings. The van der Waals surface area contributed by atoms with E-state index in [9.17, 15) is 24.3 Å². The summed E-state index contributed by atoms with van der Waals surface area (Å²) in [5.41, 5.74) is 1.62. The molecule has 1 fully saturated rings. The predicted octanol–water partition coefficient (Wildman–Crippen LogP) is 10.1. The van der Waals surface area contributed by atoms with Crippen molar-refractivity contribution in [3.05, 3.63) is 88.9 Å². The number of ether oxygens (including phenoxy) is 5. The number of imide groups is 1. The number of amides is 3. The molecule has 1 aliphatic heterocycles. The van der Waals surface area contributed by atoms with Gasteiger partial charge in [-0.05, 0) is 113 Å². The lowest BCUT2D eigenvalue weighted by Crippen LogP contribution is -2.44. The Bertz CT molecular complexity index is 2180. The molecule has 0 bridgehead atoms. The summed E-state index contributed by atoms with van der Waals surface area (Å²) in [5, 5.41) is 17.0. The zero-order chi connectivity index (χ0) is 43.9. The van der Waals surface area contributed by atoms with Gasteiger partial charge in [-0.3, -0.25) is 5.32 Å². The molecule has 14 nitrogen and oxygen atoms in total. The van der Waals surface area contributed by atoms with Gasteiger partial charge < -0.3 is 34.1 Å². The van der Waals surface area contributed by atoms with Crippen molar-refractivity contribution in [1.29, 1.82) is 0 Å². The van der Waals surface area contributed by atoms with Gasteiger partial charge in [-0.15, -0.1) is 0 Å². The maximum atomic E-state index is 15.2. The number of carboxylic acid groups (broad SMARTS) is 1. The fraction of sp³-hybridized carbons (Fsp3) is 0.444. The molecule has 15 heteroatoms. The number of aromatic nitrogens is 1. The van der Waals surface area contributed by atoms with E-state index in [4.69, 9.17) is 23.7 Å². The van der Waals surface area contributed by atoms with Gasteiger partial charge in [0.25, 0.3) is 0 Å². The third kappa shape index (κ3) is 11.8. The molecular formula is C45H55FN4O10. The van der Waals surface area contributed by atoms with Crippen molar-refractivity contribution in [2.75, 3.05) is 35.4 Å². The van der Waals surface area contributed by atoms with Gasteiger partial charge in [-0.2, -0.15) is 4.90 Å². The summed E-state index contributed by atoms with van der Waals surface area (Å²) >= 11 is 0. The number of carbonyl (C=O) groups is 4. The van der Waals surface area contributed by atoms with Crippen molar-refractivity contribution in [3.63, 3.8) is 0 Å². The van der Waals surface area contributed by atoms with E-state index in [1.54, 1.807) is 90.1 Å². The number of nitrogens with zero attached hydrogens (tertiary/aromatic N) is 2. The van der Waals surface area contributed by atoms with Gasteiger partial charge in [0.05, 0.1) is 19.8 Å². The number of halogens is 1. The molecule has 3 N–H and O–H groups in total. The monoisotopic (exact) mass is 830 g/mol. The molecule has 0 saturated carbocycles. The first-order valence-electron chi connectivity index (χ1n) is 20.0. The standard InChI is InChI=1S/C45H55FN4O10/c1-10-11-30-22-32(23-36(46)38(30)58-33-17-19-56-25-33)49-41(53)57-24-27(3)34-14-12-29(20-26(34)2)37(40(51)52)48-31-13-15-35-28(21-31)16-18-47-39(35)50(42(54)59-44(4,5)6)43(55)60-45(7,8)9/h12-16,18,20-23,27,33,37,48H,10-11,17,19,24-25H2,1-9H3,(H,49,53)(H,51,52)/t27-,33-,37?/m0/s1. The lowest BCUT2D eigenvalue weighted by Gasteiger charge is -2.28. The average Bonchev–Trinajstić information content (AvgIpc) is 3.66. The van der Waals surface area contributed by atoms with Crippen LogP contribution in [0.3, 0.4) is 0 Å². The Morgan fingerprint density at radius 2 is 1.67 bits per heavy atom. The number of aliphatic carboxylic acids is 1. The maximum absolute atomic E-state index is 15.2. The van der Waals surface area contributed by atoms with E-state index in [0.717, 1.165) is 22.4 Å². The summed E-state index contributed by atoms with van der Waals surface area (Å²) < 4.78 is 43.0. The molecule has 3 amide bonds. The minimum atomic E-state index is -1.16. The van der Waals surface area contributed by atoms with Gasteiger partial charge >= 0.3 is 24.2 Å². The van der Waals surface area contributed by atoms with Gasteiger partial charge in [0.15, 0.2) is 23.4 Å². The van der Waals surface area contributed by atoms with E-state index in [1.807, 2.05) is 20.8 Å². The first-order valence-corrected chi connectivity index (χ1v) is 20.0. The van der Waals surface area contributed by atoms with Crippen LogP contribution >= 0.6 is 0 Å². The van der Waals surface area contributed by atoms with Gasteiger partial charge in [-0.25, -0.2) is 28.6 Å². The largest absolute Gasteiger partial charge is 0.485 e. The van der Waals surface area contributed by atoms with Gasteiger partial charge in [0.1, 0.15) is 17.3 Å². The van der Waals surface area contributed by atoms with Crippen LogP contribution in [-0.2, 0) is 30.2 Å². The summed E-state index contributed by atoms with van der Waals surface area (Å²) in [7, 11) is 0. The number of carbonyl (C=O) groups excluding carboxylic acids is 3. The lowest BCUT2D eigenvalue weighted by atomic mass is 9.93. The Morgan fingerprint density at radius 1 is 0.967 bits per heavy atom. The summed E-state index contributed by atoms with van der Waals surface area (Å²) in [6.45, 7) is 16.7. The van der Waals surface area contributed by atoms with E-state index >= 15 is 4.39 Å². The number of benzene rings is 3. The van der Waals surface area contributed by atoms with Gasteiger partial charge in [-0.1, -0.05) is 38.5 Å². The van der Waals surface area contributed by atoms with Crippen LogP contribution in [0.5, 0.6) is 5.75 Å². The topological polar surface area (TPSA) is 175 Å². The molecule has 0 radical (unpaired) electrons. The molecule has 322 valence electrons. The van der Waals surface area contributed by atoms with Crippen LogP contribution in [0.2, 0.25) is 0 Å². The molecule has 60 heavy (non-hydrogen) atoms. The molecule has 1 unspecified atom stereocenters. The molecule has 1 saturated heterocycles. The highest BCUT2D eigenvalue weighted by atomic mass is 19.1. The van der Waals surface area contributed by atoms with Crippen LogP contribution in [0.1, 0.15) is 102 Å². The zero-order valence-electron chi connectivity index (χ0n) is 35.6. The predicted molar refractivity (Wildman–Crippen MR) is 226 cm³/mol.